The molecule has 23 heavy (non-hydrogen) atoms. The number of fused-ring (bicyclic) bond motifs is 2. The highest BCUT2D eigenvalue weighted by atomic mass is 16.7. The van der Waals surface area contributed by atoms with Crippen LogP contribution in [-0.2, 0) is 21.5 Å². The second kappa shape index (κ2) is 4.51. The number of ether oxygens (including phenoxy) is 3. The predicted octanol–water partition coefficient (Wildman–Crippen LogP) is 2.13. The summed E-state index contributed by atoms with van der Waals surface area (Å²) in [6.45, 7) is 3.79. The van der Waals surface area contributed by atoms with Crippen molar-refractivity contribution in [2.45, 2.75) is 43.9 Å². The third kappa shape index (κ3) is 1.80. The molecule has 0 aromatic heterocycles. The van der Waals surface area contributed by atoms with E-state index in [2.05, 4.69) is 29.2 Å². The van der Waals surface area contributed by atoms with Crippen molar-refractivity contribution < 1.29 is 19.0 Å². The van der Waals surface area contributed by atoms with Gasteiger partial charge in [0.2, 0.25) is 6.79 Å². The topological polar surface area (TPSA) is 48.0 Å². The molecule has 1 aliphatic carbocycles. The molecule has 1 aromatic carbocycles. The molecule has 4 atom stereocenters. The quantitative estimate of drug-likeness (QED) is 0.587. The summed E-state index contributed by atoms with van der Waals surface area (Å²) in [6, 6.07) is 4.70. The zero-order valence-electron chi connectivity index (χ0n) is 13.1. The fourth-order valence-electron chi connectivity index (χ4n) is 4.77. The molecule has 5 rings (SSSR count). The second-order valence-electron chi connectivity index (χ2n) is 6.88. The molecule has 3 heterocycles. The molecule has 0 saturated carbocycles. The first-order chi connectivity index (χ1) is 11.2. The van der Waals surface area contributed by atoms with Crippen LogP contribution in [0.25, 0.3) is 0 Å². The number of hydrogen-bond acceptors (Lipinski definition) is 5. The highest BCUT2D eigenvalue weighted by molar-refractivity contribution is 5.66. The Balaban J connectivity index is 1.60. The van der Waals surface area contributed by atoms with Crippen molar-refractivity contribution in [3.8, 4) is 11.5 Å². The van der Waals surface area contributed by atoms with Gasteiger partial charge >= 0.3 is 5.97 Å². The Bertz CT molecular complexity index is 728. The molecule has 0 spiro atoms. The molecular formula is C18H19NO4. The Hall–Kier alpha value is -2.01. The fourth-order valence-corrected chi connectivity index (χ4v) is 4.77. The minimum absolute atomic E-state index is 0.0191. The molecule has 120 valence electrons. The molecule has 3 aliphatic heterocycles. The van der Waals surface area contributed by atoms with Gasteiger partial charge in [-0.05, 0) is 35.8 Å². The SMILES string of the molecule is CC(=O)OC1C=C[C@@]23CCN(Cc4cc5c(cc42)OCO5)[C@@H]3C1. The van der Waals surface area contributed by atoms with E-state index in [9.17, 15) is 4.79 Å². The molecule has 0 amide bonds. The van der Waals surface area contributed by atoms with Crippen LogP contribution >= 0.6 is 0 Å². The third-order valence-electron chi connectivity index (χ3n) is 5.70. The zero-order valence-corrected chi connectivity index (χ0v) is 13.1. The van der Waals surface area contributed by atoms with Gasteiger partial charge in [-0.2, -0.15) is 0 Å². The monoisotopic (exact) mass is 313 g/mol. The third-order valence-corrected chi connectivity index (χ3v) is 5.70. The number of benzene rings is 1. The average Bonchev–Trinajstić information content (AvgIpc) is 3.07. The van der Waals surface area contributed by atoms with Crippen LogP contribution in [0.15, 0.2) is 24.3 Å². The lowest BCUT2D eigenvalue weighted by molar-refractivity contribution is -0.145. The minimum atomic E-state index is -0.211. The van der Waals surface area contributed by atoms with E-state index in [1.165, 1.54) is 18.1 Å². The van der Waals surface area contributed by atoms with Gasteiger partial charge in [-0.25, -0.2) is 0 Å². The van der Waals surface area contributed by atoms with Crippen molar-refractivity contribution in [3.05, 3.63) is 35.4 Å². The Morgan fingerprint density at radius 3 is 3.00 bits per heavy atom. The zero-order chi connectivity index (χ0) is 15.6. The van der Waals surface area contributed by atoms with Crippen LogP contribution < -0.4 is 9.47 Å². The predicted molar refractivity (Wildman–Crippen MR) is 82.4 cm³/mol. The summed E-state index contributed by atoms with van der Waals surface area (Å²) in [6.07, 6.45) is 6.20. The number of rotatable bonds is 1. The molecule has 4 aliphatic rings. The van der Waals surface area contributed by atoms with Gasteiger partial charge in [-0.1, -0.05) is 6.08 Å². The molecule has 5 heteroatoms. The van der Waals surface area contributed by atoms with Gasteiger partial charge in [-0.3, -0.25) is 9.69 Å². The number of carbonyl (C=O) groups is 1. The second-order valence-corrected chi connectivity index (χ2v) is 6.88. The molecule has 0 radical (unpaired) electrons. The van der Waals surface area contributed by atoms with Gasteiger partial charge in [0.05, 0.1) is 0 Å². The highest BCUT2D eigenvalue weighted by Crippen LogP contribution is 2.53. The standard InChI is InChI=1S/C18H19NO4/c1-11(20)23-13-2-3-18-4-5-19(17(18)7-13)9-12-6-15-16(8-14(12)18)22-10-21-15/h2-3,6,8,13,17H,4-5,7,9-10H2,1H3/t13?,17-,18-/m1/s1. The fraction of sp³-hybridized carbons (Fsp3) is 0.500. The summed E-state index contributed by atoms with van der Waals surface area (Å²) in [4.78, 5) is 13.8. The Kier molecular flexibility index (Phi) is 2.63. The van der Waals surface area contributed by atoms with E-state index in [4.69, 9.17) is 14.2 Å². The van der Waals surface area contributed by atoms with Crippen LogP contribution in [-0.4, -0.2) is 36.4 Å². The first kappa shape index (κ1) is 13.4. The van der Waals surface area contributed by atoms with Crippen molar-refractivity contribution >= 4 is 5.97 Å². The maximum absolute atomic E-state index is 11.3. The lowest BCUT2D eigenvalue weighted by Crippen LogP contribution is -2.49. The first-order valence-electron chi connectivity index (χ1n) is 8.19. The number of nitrogens with zero attached hydrogens (tertiary/aromatic N) is 1. The summed E-state index contributed by atoms with van der Waals surface area (Å²) in [7, 11) is 0. The first-order valence-corrected chi connectivity index (χ1v) is 8.19. The van der Waals surface area contributed by atoms with Crippen LogP contribution in [0, 0.1) is 0 Å². The number of esters is 1. The molecule has 2 unspecified atom stereocenters. The van der Waals surface area contributed by atoms with Crippen LogP contribution in [0.3, 0.4) is 0 Å². The van der Waals surface area contributed by atoms with Crippen LogP contribution in [0.1, 0.15) is 30.9 Å². The number of hydrogen-bond donors (Lipinski definition) is 0. The number of carbonyl (C=O) groups excluding carboxylic acids is 1. The maximum atomic E-state index is 11.3. The van der Waals surface area contributed by atoms with E-state index in [1.54, 1.807) is 0 Å². The lowest BCUT2D eigenvalue weighted by Gasteiger charge is -2.45. The van der Waals surface area contributed by atoms with Crippen molar-refractivity contribution in [1.82, 2.24) is 4.90 Å². The Labute approximate surface area is 134 Å². The molecule has 1 fully saturated rings. The summed E-state index contributed by atoms with van der Waals surface area (Å²) in [5.74, 6) is 1.50. The summed E-state index contributed by atoms with van der Waals surface area (Å²) in [5.41, 5.74) is 2.71. The summed E-state index contributed by atoms with van der Waals surface area (Å²) >= 11 is 0. The highest BCUT2D eigenvalue weighted by Gasteiger charge is 2.53. The summed E-state index contributed by atoms with van der Waals surface area (Å²) < 4.78 is 16.6. The molecule has 5 nitrogen and oxygen atoms in total. The molecule has 1 aromatic rings. The van der Waals surface area contributed by atoms with Crippen LogP contribution in [0.2, 0.25) is 0 Å². The van der Waals surface area contributed by atoms with E-state index in [0.717, 1.165) is 37.4 Å². The van der Waals surface area contributed by atoms with E-state index in [0.29, 0.717) is 12.8 Å². The van der Waals surface area contributed by atoms with Crippen molar-refractivity contribution in [3.63, 3.8) is 0 Å². The van der Waals surface area contributed by atoms with Crippen molar-refractivity contribution in [2.24, 2.45) is 0 Å². The molecule has 2 bridgehead atoms. The molecular weight excluding hydrogens is 294 g/mol. The molecule has 0 N–H and O–H groups in total. The van der Waals surface area contributed by atoms with Gasteiger partial charge in [0.15, 0.2) is 11.5 Å². The normalized spacial score (nSPS) is 35.6. The van der Waals surface area contributed by atoms with Crippen molar-refractivity contribution in [2.75, 3.05) is 13.3 Å². The van der Waals surface area contributed by atoms with E-state index < -0.39 is 0 Å². The van der Waals surface area contributed by atoms with Gasteiger partial charge in [0.1, 0.15) is 6.10 Å². The molecule has 1 saturated heterocycles. The average molecular weight is 313 g/mol. The minimum Gasteiger partial charge on any atom is -0.458 e. The van der Waals surface area contributed by atoms with Crippen LogP contribution in [0.5, 0.6) is 11.5 Å². The summed E-state index contributed by atoms with van der Waals surface area (Å²) in [5, 5.41) is 0. The van der Waals surface area contributed by atoms with Gasteiger partial charge in [0, 0.05) is 37.9 Å². The van der Waals surface area contributed by atoms with Crippen molar-refractivity contribution in [1.29, 1.82) is 0 Å². The van der Waals surface area contributed by atoms with E-state index in [-0.39, 0.29) is 17.5 Å². The Morgan fingerprint density at radius 1 is 1.35 bits per heavy atom. The van der Waals surface area contributed by atoms with E-state index in [1.807, 2.05) is 0 Å². The smallest absolute Gasteiger partial charge is 0.303 e. The van der Waals surface area contributed by atoms with E-state index >= 15 is 0 Å². The van der Waals surface area contributed by atoms with Gasteiger partial charge in [-0.15, -0.1) is 0 Å². The maximum Gasteiger partial charge on any atom is 0.303 e. The lowest BCUT2D eigenvalue weighted by atomic mass is 9.66. The van der Waals surface area contributed by atoms with Crippen LogP contribution in [0.4, 0.5) is 0 Å². The largest absolute Gasteiger partial charge is 0.458 e. The Morgan fingerprint density at radius 2 is 2.17 bits per heavy atom. The van der Waals surface area contributed by atoms with Gasteiger partial charge in [0.25, 0.3) is 0 Å². The van der Waals surface area contributed by atoms with Gasteiger partial charge < -0.3 is 14.2 Å².